The summed E-state index contributed by atoms with van der Waals surface area (Å²) in [6.45, 7) is 6.46. The first-order chi connectivity index (χ1) is 7.95. The maximum Gasteiger partial charge on any atom is 0.224 e. The standard InChI is InChI=1S/C13H24N2O2/c1-4-15-11(16)10(9(2)3)13(12(14)17)7-5-6-8-13/h9-10H,4-8H2,1-3H3,(H2,14,17)(H,15,16). The molecule has 0 aromatic carbocycles. The maximum absolute atomic E-state index is 12.2. The van der Waals surface area contributed by atoms with Gasteiger partial charge in [0.05, 0.1) is 11.3 Å². The van der Waals surface area contributed by atoms with Gasteiger partial charge in [0.2, 0.25) is 11.8 Å². The lowest BCUT2D eigenvalue weighted by Gasteiger charge is -2.36. The zero-order valence-corrected chi connectivity index (χ0v) is 11.1. The molecule has 1 saturated carbocycles. The summed E-state index contributed by atoms with van der Waals surface area (Å²) in [5, 5.41) is 2.84. The number of amides is 2. The normalized spacial score (nSPS) is 20.2. The van der Waals surface area contributed by atoms with Crippen molar-refractivity contribution in [3.8, 4) is 0 Å². The van der Waals surface area contributed by atoms with E-state index in [1.165, 1.54) is 0 Å². The van der Waals surface area contributed by atoms with Crippen molar-refractivity contribution < 1.29 is 9.59 Å². The summed E-state index contributed by atoms with van der Waals surface area (Å²) in [5.74, 6) is -0.488. The van der Waals surface area contributed by atoms with E-state index in [2.05, 4.69) is 5.32 Å². The van der Waals surface area contributed by atoms with Crippen molar-refractivity contribution in [2.75, 3.05) is 6.54 Å². The molecule has 0 aliphatic heterocycles. The fourth-order valence-corrected chi connectivity index (χ4v) is 3.19. The third-order valence-corrected chi connectivity index (χ3v) is 3.88. The molecule has 0 radical (unpaired) electrons. The molecule has 1 aliphatic carbocycles. The second-order valence-electron chi connectivity index (χ2n) is 5.34. The lowest BCUT2D eigenvalue weighted by atomic mass is 9.68. The second-order valence-corrected chi connectivity index (χ2v) is 5.34. The molecule has 1 aliphatic rings. The van der Waals surface area contributed by atoms with E-state index in [1.807, 2.05) is 20.8 Å². The average Bonchev–Trinajstić information content (AvgIpc) is 2.67. The van der Waals surface area contributed by atoms with Gasteiger partial charge in [-0.1, -0.05) is 26.7 Å². The van der Waals surface area contributed by atoms with Gasteiger partial charge in [-0.25, -0.2) is 0 Å². The molecule has 1 unspecified atom stereocenters. The Morgan fingerprint density at radius 3 is 2.18 bits per heavy atom. The van der Waals surface area contributed by atoms with E-state index < -0.39 is 5.41 Å². The Labute approximate surface area is 103 Å². The average molecular weight is 240 g/mol. The van der Waals surface area contributed by atoms with E-state index in [9.17, 15) is 9.59 Å². The van der Waals surface area contributed by atoms with Crippen molar-refractivity contribution in [2.45, 2.75) is 46.5 Å². The zero-order valence-electron chi connectivity index (χ0n) is 11.1. The number of nitrogens with one attached hydrogen (secondary N) is 1. The highest BCUT2D eigenvalue weighted by molar-refractivity contribution is 5.90. The van der Waals surface area contributed by atoms with Crippen molar-refractivity contribution in [1.82, 2.24) is 5.32 Å². The fourth-order valence-electron chi connectivity index (χ4n) is 3.19. The topological polar surface area (TPSA) is 72.2 Å². The summed E-state index contributed by atoms with van der Waals surface area (Å²) >= 11 is 0. The van der Waals surface area contributed by atoms with Gasteiger partial charge in [-0.2, -0.15) is 0 Å². The van der Waals surface area contributed by atoms with Gasteiger partial charge in [0.15, 0.2) is 0 Å². The van der Waals surface area contributed by atoms with Crippen LogP contribution < -0.4 is 11.1 Å². The number of carbonyl (C=O) groups is 2. The number of hydrogen-bond donors (Lipinski definition) is 2. The molecule has 3 N–H and O–H groups in total. The lowest BCUT2D eigenvalue weighted by molar-refractivity contribution is -0.142. The predicted molar refractivity (Wildman–Crippen MR) is 67.1 cm³/mol. The van der Waals surface area contributed by atoms with Gasteiger partial charge in [0.25, 0.3) is 0 Å². The monoisotopic (exact) mass is 240 g/mol. The first kappa shape index (κ1) is 14.0. The summed E-state index contributed by atoms with van der Waals surface area (Å²) < 4.78 is 0. The van der Waals surface area contributed by atoms with E-state index in [0.717, 1.165) is 25.7 Å². The Kier molecular flexibility index (Phi) is 4.54. The Hall–Kier alpha value is -1.06. The van der Waals surface area contributed by atoms with E-state index in [0.29, 0.717) is 6.54 Å². The third kappa shape index (κ3) is 2.61. The summed E-state index contributed by atoms with van der Waals surface area (Å²) in [7, 11) is 0. The minimum atomic E-state index is -0.618. The molecule has 0 heterocycles. The third-order valence-electron chi connectivity index (χ3n) is 3.88. The molecule has 0 bridgehead atoms. The van der Waals surface area contributed by atoms with Crippen LogP contribution in [0.25, 0.3) is 0 Å². The van der Waals surface area contributed by atoms with Crippen LogP contribution in [0.3, 0.4) is 0 Å². The summed E-state index contributed by atoms with van der Waals surface area (Å²) in [5.41, 5.74) is 4.97. The fraction of sp³-hybridized carbons (Fsp3) is 0.846. The van der Waals surface area contributed by atoms with Gasteiger partial charge in [0.1, 0.15) is 0 Å². The largest absolute Gasteiger partial charge is 0.369 e. The van der Waals surface area contributed by atoms with Crippen LogP contribution in [0, 0.1) is 17.3 Å². The number of nitrogens with two attached hydrogens (primary N) is 1. The van der Waals surface area contributed by atoms with Crippen LogP contribution in [0.1, 0.15) is 46.5 Å². The van der Waals surface area contributed by atoms with Crippen molar-refractivity contribution in [3.05, 3.63) is 0 Å². The van der Waals surface area contributed by atoms with Crippen LogP contribution in [0.4, 0.5) is 0 Å². The molecule has 4 heteroatoms. The highest BCUT2D eigenvalue weighted by Gasteiger charge is 2.50. The van der Waals surface area contributed by atoms with E-state index in [4.69, 9.17) is 5.73 Å². The molecule has 17 heavy (non-hydrogen) atoms. The molecule has 1 rings (SSSR count). The van der Waals surface area contributed by atoms with Gasteiger partial charge in [-0.15, -0.1) is 0 Å². The molecule has 0 aromatic heterocycles. The quantitative estimate of drug-likeness (QED) is 0.763. The van der Waals surface area contributed by atoms with Gasteiger partial charge in [-0.3, -0.25) is 9.59 Å². The smallest absolute Gasteiger partial charge is 0.224 e. The zero-order chi connectivity index (χ0) is 13.1. The molecular weight excluding hydrogens is 216 g/mol. The highest BCUT2D eigenvalue weighted by Crippen LogP contribution is 2.47. The molecule has 1 atom stereocenters. The van der Waals surface area contributed by atoms with Crippen molar-refractivity contribution in [2.24, 2.45) is 23.0 Å². The molecule has 2 amide bonds. The molecule has 1 fully saturated rings. The Morgan fingerprint density at radius 1 is 1.29 bits per heavy atom. The first-order valence-electron chi connectivity index (χ1n) is 6.53. The number of hydrogen-bond acceptors (Lipinski definition) is 2. The van der Waals surface area contributed by atoms with Gasteiger partial charge >= 0.3 is 0 Å². The summed E-state index contributed by atoms with van der Waals surface area (Å²) in [6.07, 6.45) is 3.49. The van der Waals surface area contributed by atoms with Gasteiger partial charge in [0, 0.05) is 6.54 Å². The van der Waals surface area contributed by atoms with Crippen molar-refractivity contribution >= 4 is 11.8 Å². The summed E-state index contributed by atoms with van der Waals surface area (Å²) in [6, 6.07) is 0. The van der Waals surface area contributed by atoms with E-state index in [1.54, 1.807) is 0 Å². The Morgan fingerprint density at radius 2 is 1.82 bits per heavy atom. The molecule has 0 spiro atoms. The predicted octanol–water partition coefficient (Wildman–Crippen LogP) is 1.44. The van der Waals surface area contributed by atoms with Crippen LogP contribution in [0.15, 0.2) is 0 Å². The Balaban J connectivity index is 3.02. The van der Waals surface area contributed by atoms with Crippen LogP contribution >= 0.6 is 0 Å². The van der Waals surface area contributed by atoms with Crippen LogP contribution in [0.5, 0.6) is 0 Å². The van der Waals surface area contributed by atoms with Gasteiger partial charge in [-0.05, 0) is 25.7 Å². The van der Waals surface area contributed by atoms with Crippen LogP contribution in [-0.2, 0) is 9.59 Å². The SMILES string of the molecule is CCNC(=O)C(C(C)C)C1(C(N)=O)CCCC1. The van der Waals surface area contributed by atoms with Crippen molar-refractivity contribution in [1.29, 1.82) is 0 Å². The molecular formula is C13H24N2O2. The van der Waals surface area contributed by atoms with Crippen LogP contribution in [0.2, 0.25) is 0 Å². The molecule has 4 nitrogen and oxygen atoms in total. The number of carbonyl (C=O) groups excluding carboxylic acids is 2. The van der Waals surface area contributed by atoms with E-state index >= 15 is 0 Å². The lowest BCUT2D eigenvalue weighted by Crippen LogP contribution is -2.50. The number of primary amides is 1. The van der Waals surface area contributed by atoms with Crippen molar-refractivity contribution in [3.63, 3.8) is 0 Å². The summed E-state index contributed by atoms with van der Waals surface area (Å²) in [4.78, 5) is 24.0. The first-order valence-corrected chi connectivity index (χ1v) is 6.53. The molecule has 0 aromatic rings. The molecule has 0 saturated heterocycles. The number of rotatable bonds is 5. The van der Waals surface area contributed by atoms with E-state index in [-0.39, 0.29) is 23.7 Å². The molecule has 98 valence electrons. The minimum absolute atomic E-state index is 0.0248. The van der Waals surface area contributed by atoms with Crippen LogP contribution in [-0.4, -0.2) is 18.4 Å². The van der Waals surface area contributed by atoms with Gasteiger partial charge < -0.3 is 11.1 Å². The highest BCUT2D eigenvalue weighted by atomic mass is 16.2. The Bertz CT molecular complexity index is 294. The maximum atomic E-state index is 12.2. The minimum Gasteiger partial charge on any atom is -0.369 e. The second kappa shape index (κ2) is 5.52.